The summed E-state index contributed by atoms with van der Waals surface area (Å²) >= 11 is 0. The van der Waals surface area contributed by atoms with Crippen LogP contribution in [0.2, 0.25) is 0 Å². The summed E-state index contributed by atoms with van der Waals surface area (Å²) in [7, 11) is -0.379. The Morgan fingerprint density at radius 3 is 2.03 bits per heavy atom. The van der Waals surface area contributed by atoms with E-state index in [2.05, 4.69) is 12.2 Å². The van der Waals surface area contributed by atoms with Crippen LogP contribution >= 0.6 is 0 Å². The molecule has 0 spiro atoms. The molecule has 0 aromatic heterocycles. The Kier molecular flexibility index (Phi) is 5.46. The molecule has 1 saturated carbocycles. The fourth-order valence-corrected chi connectivity index (χ4v) is 3.60. The Bertz CT molecular complexity index is 731. The quantitative estimate of drug-likeness (QED) is 0.775. The number of benzene rings is 1. The van der Waals surface area contributed by atoms with E-state index >= 15 is 0 Å². The lowest BCUT2D eigenvalue weighted by atomic mass is 9.76. The van der Waals surface area contributed by atoms with Gasteiger partial charge in [-0.15, -0.1) is 0 Å². The first-order chi connectivity index (χ1) is 13.2. The van der Waals surface area contributed by atoms with Crippen LogP contribution in [0, 0.1) is 0 Å². The fraction of sp³-hybridized carbons (Fsp3) is 0.682. The van der Waals surface area contributed by atoms with Gasteiger partial charge in [-0.25, -0.2) is 4.79 Å². The minimum Gasteiger partial charge on any atom is -0.487 e. The Balaban J connectivity index is 1.52. The molecule has 0 radical (unpaired) electrons. The highest BCUT2D eigenvalue weighted by atomic mass is 16.7. The third kappa shape index (κ3) is 5.07. The molecular weight excluding hydrogens is 369 g/mol. The van der Waals surface area contributed by atoms with Crippen molar-refractivity contribution in [3.63, 3.8) is 0 Å². The number of alkyl carbamates (subject to hydrolysis) is 1. The molecule has 29 heavy (non-hydrogen) atoms. The Labute approximate surface area is 174 Å². The van der Waals surface area contributed by atoms with E-state index in [1.54, 1.807) is 0 Å². The zero-order valence-electron chi connectivity index (χ0n) is 18.9. The highest BCUT2D eigenvalue weighted by Crippen LogP contribution is 2.38. The van der Waals surface area contributed by atoms with E-state index in [-0.39, 0.29) is 36.1 Å². The number of carbonyl (C=O) groups excluding carboxylic acids is 1. The third-order valence-electron chi connectivity index (χ3n) is 5.85. The van der Waals surface area contributed by atoms with Gasteiger partial charge in [0.15, 0.2) is 0 Å². The largest absolute Gasteiger partial charge is 0.494 e. The first-order valence-corrected chi connectivity index (χ1v) is 10.3. The SMILES string of the molecule is CC(C)(C)OC(=O)NC1CC(C)(Oc2ccc(B3OC(C)(C)C(C)(C)O3)cc2)C1. The van der Waals surface area contributed by atoms with Gasteiger partial charge in [0.2, 0.25) is 0 Å². The normalized spacial score (nSPS) is 27.9. The van der Waals surface area contributed by atoms with E-state index in [9.17, 15) is 4.79 Å². The summed E-state index contributed by atoms with van der Waals surface area (Å²) in [6.45, 7) is 15.8. The van der Waals surface area contributed by atoms with E-state index in [1.165, 1.54) is 0 Å². The molecule has 6 nitrogen and oxygen atoms in total. The monoisotopic (exact) mass is 403 g/mol. The number of hydrogen-bond acceptors (Lipinski definition) is 5. The molecule has 160 valence electrons. The molecule has 1 N–H and O–H groups in total. The van der Waals surface area contributed by atoms with Crippen LogP contribution in [0.15, 0.2) is 24.3 Å². The van der Waals surface area contributed by atoms with Crippen molar-refractivity contribution in [1.82, 2.24) is 5.32 Å². The molecule has 1 aromatic carbocycles. The van der Waals surface area contributed by atoms with E-state index in [0.717, 1.165) is 24.1 Å². The average Bonchev–Trinajstić information content (AvgIpc) is 2.72. The number of hydrogen-bond donors (Lipinski definition) is 1. The zero-order valence-corrected chi connectivity index (χ0v) is 18.9. The molecule has 2 fully saturated rings. The van der Waals surface area contributed by atoms with Gasteiger partial charge in [0.25, 0.3) is 0 Å². The van der Waals surface area contributed by atoms with Gasteiger partial charge in [-0.1, -0.05) is 12.1 Å². The predicted octanol–water partition coefficient (Wildman–Crippen LogP) is 3.81. The lowest BCUT2D eigenvalue weighted by molar-refractivity contribution is -0.0196. The second kappa shape index (κ2) is 7.20. The topological polar surface area (TPSA) is 66.0 Å². The van der Waals surface area contributed by atoms with Crippen LogP contribution in [0.25, 0.3) is 0 Å². The fourth-order valence-electron chi connectivity index (χ4n) is 3.60. The number of ether oxygens (including phenoxy) is 2. The molecule has 1 heterocycles. The van der Waals surface area contributed by atoms with Crippen molar-refractivity contribution in [2.45, 2.75) is 96.7 Å². The molecule has 7 heteroatoms. The third-order valence-corrected chi connectivity index (χ3v) is 5.85. The van der Waals surface area contributed by atoms with Crippen molar-refractivity contribution >= 4 is 18.7 Å². The Morgan fingerprint density at radius 2 is 1.55 bits per heavy atom. The van der Waals surface area contributed by atoms with Gasteiger partial charge < -0.3 is 24.1 Å². The molecule has 1 saturated heterocycles. The van der Waals surface area contributed by atoms with Crippen molar-refractivity contribution in [3.8, 4) is 5.75 Å². The minimum absolute atomic E-state index is 0.0684. The van der Waals surface area contributed by atoms with Crippen molar-refractivity contribution in [3.05, 3.63) is 24.3 Å². The summed E-state index contributed by atoms with van der Waals surface area (Å²) in [5.74, 6) is 0.795. The average molecular weight is 403 g/mol. The number of carbonyl (C=O) groups is 1. The molecule has 1 aromatic rings. The molecule has 3 rings (SSSR count). The van der Waals surface area contributed by atoms with Crippen molar-refractivity contribution in [1.29, 1.82) is 0 Å². The van der Waals surface area contributed by atoms with Crippen LogP contribution in [0.3, 0.4) is 0 Å². The highest BCUT2D eigenvalue weighted by Gasteiger charge is 2.51. The van der Waals surface area contributed by atoms with E-state index in [0.29, 0.717) is 0 Å². The lowest BCUT2D eigenvalue weighted by Crippen LogP contribution is -2.57. The van der Waals surface area contributed by atoms with Crippen LogP contribution in [-0.4, -0.2) is 41.7 Å². The summed E-state index contributed by atoms with van der Waals surface area (Å²) in [5, 5.41) is 2.90. The van der Waals surface area contributed by atoms with Gasteiger partial charge in [-0.2, -0.15) is 0 Å². The number of rotatable bonds is 4. The van der Waals surface area contributed by atoms with Crippen molar-refractivity contribution < 1.29 is 23.6 Å². The first kappa shape index (κ1) is 22.0. The highest BCUT2D eigenvalue weighted by molar-refractivity contribution is 6.62. The maximum absolute atomic E-state index is 11.9. The molecule has 0 atom stereocenters. The predicted molar refractivity (Wildman–Crippen MR) is 114 cm³/mol. The first-order valence-electron chi connectivity index (χ1n) is 10.3. The van der Waals surface area contributed by atoms with Crippen LogP contribution in [0.5, 0.6) is 5.75 Å². The van der Waals surface area contributed by atoms with Gasteiger partial charge in [-0.05, 0) is 73.0 Å². The molecule has 0 bridgehead atoms. The maximum atomic E-state index is 11.9. The van der Waals surface area contributed by atoms with Crippen LogP contribution in [-0.2, 0) is 14.0 Å². The van der Waals surface area contributed by atoms with Crippen LogP contribution in [0.4, 0.5) is 4.79 Å². The Hall–Kier alpha value is -1.73. The molecule has 1 amide bonds. The summed E-state index contributed by atoms with van der Waals surface area (Å²) in [6.07, 6.45) is 1.10. The maximum Gasteiger partial charge on any atom is 0.494 e. The zero-order chi connectivity index (χ0) is 21.7. The molecule has 1 aliphatic carbocycles. The summed E-state index contributed by atoms with van der Waals surface area (Å²) in [4.78, 5) is 11.9. The minimum atomic E-state index is -0.493. The summed E-state index contributed by atoms with van der Waals surface area (Å²) < 4.78 is 23.7. The van der Waals surface area contributed by atoms with Crippen LogP contribution < -0.4 is 15.5 Å². The van der Waals surface area contributed by atoms with E-state index < -0.39 is 5.60 Å². The van der Waals surface area contributed by atoms with Crippen molar-refractivity contribution in [2.24, 2.45) is 0 Å². The molecule has 2 aliphatic rings. The molecular formula is C22H34BNO5. The number of amides is 1. The second-order valence-corrected chi connectivity index (χ2v) is 10.5. The van der Waals surface area contributed by atoms with E-state index in [4.69, 9.17) is 18.8 Å². The molecule has 1 aliphatic heterocycles. The standard InChI is InChI=1S/C22H34BNO5/c1-19(2,3)27-18(25)24-16-13-22(8,14-16)26-17-11-9-15(10-12-17)23-28-20(4,5)21(6,7)29-23/h9-12,16H,13-14H2,1-8H3,(H,24,25). The Morgan fingerprint density at radius 1 is 1.03 bits per heavy atom. The van der Waals surface area contributed by atoms with Crippen molar-refractivity contribution in [2.75, 3.05) is 0 Å². The van der Waals surface area contributed by atoms with E-state index in [1.807, 2.05) is 72.7 Å². The molecule has 0 unspecified atom stereocenters. The van der Waals surface area contributed by atoms with Crippen LogP contribution in [0.1, 0.15) is 68.2 Å². The van der Waals surface area contributed by atoms with Gasteiger partial charge in [0, 0.05) is 18.9 Å². The van der Waals surface area contributed by atoms with Gasteiger partial charge in [0.1, 0.15) is 17.0 Å². The summed E-state index contributed by atoms with van der Waals surface area (Å²) in [5.41, 5.74) is -0.540. The van der Waals surface area contributed by atoms with Gasteiger partial charge in [0.05, 0.1) is 11.2 Å². The van der Waals surface area contributed by atoms with Gasteiger partial charge >= 0.3 is 13.2 Å². The smallest absolute Gasteiger partial charge is 0.487 e. The summed E-state index contributed by atoms with van der Waals surface area (Å²) in [6, 6.07) is 7.92. The van der Waals surface area contributed by atoms with Gasteiger partial charge in [-0.3, -0.25) is 0 Å². The second-order valence-electron chi connectivity index (χ2n) is 10.5. The lowest BCUT2D eigenvalue weighted by Gasteiger charge is -2.45. The number of nitrogens with one attached hydrogen (secondary N) is 1.